The van der Waals surface area contributed by atoms with Gasteiger partial charge in [0.1, 0.15) is 5.82 Å². The van der Waals surface area contributed by atoms with Crippen LogP contribution >= 0.6 is 0 Å². The summed E-state index contributed by atoms with van der Waals surface area (Å²) in [6.07, 6.45) is -1.59. The standard InChI is InChI=1S/C11H12F2O2/c1-7(10(13)11(14)15)6-8-2-4-9(12)5-3-8/h2-5,7,10H,6H2,1H3,(H,14,15). The zero-order valence-electron chi connectivity index (χ0n) is 8.28. The average Bonchev–Trinajstić information content (AvgIpc) is 2.20. The van der Waals surface area contributed by atoms with Gasteiger partial charge in [0.05, 0.1) is 0 Å². The van der Waals surface area contributed by atoms with Crippen molar-refractivity contribution in [1.82, 2.24) is 0 Å². The average molecular weight is 214 g/mol. The Morgan fingerprint density at radius 2 is 1.93 bits per heavy atom. The monoisotopic (exact) mass is 214 g/mol. The molecule has 0 heterocycles. The molecule has 0 bridgehead atoms. The summed E-state index contributed by atoms with van der Waals surface area (Å²) in [5.41, 5.74) is 0.729. The molecule has 4 heteroatoms. The van der Waals surface area contributed by atoms with Crippen LogP contribution < -0.4 is 0 Å². The van der Waals surface area contributed by atoms with Crippen LogP contribution in [0.25, 0.3) is 0 Å². The lowest BCUT2D eigenvalue weighted by atomic mass is 9.97. The van der Waals surface area contributed by atoms with Crippen molar-refractivity contribution < 1.29 is 18.7 Å². The fourth-order valence-electron chi connectivity index (χ4n) is 1.34. The predicted molar refractivity (Wildman–Crippen MR) is 51.8 cm³/mol. The Morgan fingerprint density at radius 3 is 2.40 bits per heavy atom. The van der Waals surface area contributed by atoms with Crippen molar-refractivity contribution >= 4 is 5.97 Å². The van der Waals surface area contributed by atoms with Crippen LogP contribution in [-0.4, -0.2) is 17.2 Å². The molecule has 15 heavy (non-hydrogen) atoms. The Bertz CT molecular complexity index is 335. The van der Waals surface area contributed by atoms with E-state index in [0.717, 1.165) is 5.56 Å². The summed E-state index contributed by atoms with van der Waals surface area (Å²) >= 11 is 0. The third-order valence-corrected chi connectivity index (χ3v) is 2.21. The Kier molecular flexibility index (Phi) is 3.77. The van der Waals surface area contributed by atoms with E-state index in [0.29, 0.717) is 0 Å². The van der Waals surface area contributed by atoms with Crippen LogP contribution in [0.5, 0.6) is 0 Å². The van der Waals surface area contributed by atoms with E-state index >= 15 is 0 Å². The third-order valence-electron chi connectivity index (χ3n) is 2.21. The summed E-state index contributed by atoms with van der Waals surface area (Å²) < 4.78 is 25.6. The molecule has 0 saturated carbocycles. The van der Waals surface area contributed by atoms with Gasteiger partial charge in [0.25, 0.3) is 0 Å². The van der Waals surface area contributed by atoms with Crippen molar-refractivity contribution in [3.05, 3.63) is 35.6 Å². The van der Waals surface area contributed by atoms with Gasteiger partial charge in [-0.2, -0.15) is 0 Å². The van der Waals surface area contributed by atoms with Crippen molar-refractivity contribution in [2.75, 3.05) is 0 Å². The summed E-state index contributed by atoms with van der Waals surface area (Å²) in [5.74, 6) is -2.43. The quantitative estimate of drug-likeness (QED) is 0.835. The van der Waals surface area contributed by atoms with Crippen LogP contribution in [0.15, 0.2) is 24.3 Å². The van der Waals surface area contributed by atoms with Crippen molar-refractivity contribution in [3.8, 4) is 0 Å². The maximum Gasteiger partial charge on any atom is 0.338 e. The summed E-state index contributed by atoms with van der Waals surface area (Å²) in [6.45, 7) is 1.52. The highest BCUT2D eigenvalue weighted by Crippen LogP contribution is 2.15. The molecule has 2 atom stereocenters. The molecule has 82 valence electrons. The number of hydrogen-bond donors (Lipinski definition) is 1. The van der Waals surface area contributed by atoms with Gasteiger partial charge >= 0.3 is 5.97 Å². The minimum atomic E-state index is -1.88. The molecule has 1 rings (SSSR count). The molecule has 0 aromatic heterocycles. The first-order valence-corrected chi connectivity index (χ1v) is 4.62. The van der Waals surface area contributed by atoms with E-state index in [1.54, 1.807) is 0 Å². The molecule has 2 unspecified atom stereocenters. The van der Waals surface area contributed by atoms with Gasteiger partial charge in [-0.1, -0.05) is 19.1 Å². The third kappa shape index (κ3) is 3.31. The van der Waals surface area contributed by atoms with Crippen molar-refractivity contribution in [2.24, 2.45) is 5.92 Å². The number of carboxylic acid groups (broad SMARTS) is 1. The first-order valence-electron chi connectivity index (χ1n) is 4.62. The largest absolute Gasteiger partial charge is 0.479 e. The fourth-order valence-corrected chi connectivity index (χ4v) is 1.34. The molecule has 0 aliphatic rings. The van der Waals surface area contributed by atoms with Gasteiger partial charge in [-0.15, -0.1) is 0 Å². The molecule has 0 spiro atoms. The van der Waals surface area contributed by atoms with E-state index in [4.69, 9.17) is 5.11 Å². The van der Waals surface area contributed by atoms with Crippen LogP contribution in [0.4, 0.5) is 8.78 Å². The van der Waals surface area contributed by atoms with Gasteiger partial charge in [0, 0.05) is 5.92 Å². The lowest BCUT2D eigenvalue weighted by molar-refractivity contribution is -0.144. The first-order chi connectivity index (χ1) is 7.00. The molecule has 2 nitrogen and oxygen atoms in total. The number of benzene rings is 1. The van der Waals surface area contributed by atoms with Gasteiger partial charge in [-0.05, 0) is 24.1 Å². The number of rotatable bonds is 4. The van der Waals surface area contributed by atoms with E-state index < -0.39 is 18.1 Å². The Balaban J connectivity index is 2.62. The number of carboxylic acids is 1. The second kappa shape index (κ2) is 4.87. The van der Waals surface area contributed by atoms with E-state index in [9.17, 15) is 13.6 Å². The Labute approximate surface area is 86.5 Å². The van der Waals surface area contributed by atoms with Crippen molar-refractivity contribution in [2.45, 2.75) is 19.5 Å². The second-order valence-electron chi connectivity index (χ2n) is 3.55. The summed E-state index contributed by atoms with van der Waals surface area (Å²) in [7, 11) is 0. The maximum atomic E-state index is 13.0. The molecular formula is C11H12F2O2. The van der Waals surface area contributed by atoms with Gasteiger partial charge in [0.2, 0.25) is 0 Å². The smallest absolute Gasteiger partial charge is 0.338 e. The zero-order valence-corrected chi connectivity index (χ0v) is 8.28. The molecule has 0 aliphatic heterocycles. The molecule has 1 N–H and O–H groups in total. The normalized spacial score (nSPS) is 14.6. The zero-order chi connectivity index (χ0) is 11.4. The van der Waals surface area contributed by atoms with Gasteiger partial charge in [0.15, 0.2) is 6.17 Å². The van der Waals surface area contributed by atoms with Crippen LogP contribution in [0.1, 0.15) is 12.5 Å². The van der Waals surface area contributed by atoms with Crippen LogP contribution in [0.2, 0.25) is 0 Å². The second-order valence-corrected chi connectivity index (χ2v) is 3.55. The maximum absolute atomic E-state index is 13.0. The van der Waals surface area contributed by atoms with Crippen LogP contribution in [0.3, 0.4) is 0 Å². The summed E-state index contributed by atoms with van der Waals surface area (Å²) in [4.78, 5) is 10.4. The lowest BCUT2D eigenvalue weighted by Gasteiger charge is -2.12. The van der Waals surface area contributed by atoms with Crippen molar-refractivity contribution in [1.29, 1.82) is 0 Å². The summed E-state index contributed by atoms with van der Waals surface area (Å²) in [6, 6.07) is 5.60. The molecule has 0 saturated heterocycles. The van der Waals surface area contributed by atoms with Gasteiger partial charge in [-0.3, -0.25) is 0 Å². The minimum Gasteiger partial charge on any atom is -0.479 e. The molecule has 0 fully saturated rings. The van der Waals surface area contributed by atoms with E-state index in [-0.39, 0.29) is 12.2 Å². The highest BCUT2D eigenvalue weighted by molar-refractivity contribution is 5.72. The molecule has 0 radical (unpaired) electrons. The number of alkyl halides is 1. The fraction of sp³-hybridized carbons (Fsp3) is 0.364. The highest BCUT2D eigenvalue weighted by Gasteiger charge is 2.23. The number of carbonyl (C=O) groups is 1. The SMILES string of the molecule is CC(Cc1ccc(F)cc1)C(F)C(=O)O. The van der Waals surface area contributed by atoms with Crippen LogP contribution in [-0.2, 0) is 11.2 Å². The van der Waals surface area contributed by atoms with E-state index in [1.807, 2.05) is 0 Å². The lowest BCUT2D eigenvalue weighted by Crippen LogP contribution is -2.24. The number of hydrogen-bond acceptors (Lipinski definition) is 1. The number of halogens is 2. The Hall–Kier alpha value is -1.45. The van der Waals surface area contributed by atoms with E-state index in [2.05, 4.69) is 0 Å². The predicted octanol–water partition coefficient (Wildman–Crippen LogP) is 2.43. The van der Waals surface area contributed by atoms with Crippen LogP contribution in [0, 0.1) is 11.7 Å². The molecule has 0 amide bonds. The first kappa shape index (κ1) is 11.6. The molecule has 1 aromatic carbocycles. The highest BCUT2D eigenvalue weighted by atomic mass is 19.1. The molecule has 1 aromatic rings. The minimum absolute atomic E-state index is 0.285. The van der Waals surface area contributed by atoms with Gasteiger partial charge in [-0.25, -0.2) is 13.6 Å². The molecule has 0 aliphatic carbocycles. The topological polar surface area (TPSA) is 37.3 Å². The van der Waals surface area contributed by atoms with Gasteiger partial charge < -0.3 is 5.11 Å². The van der Waals surface area contributed by atoms with Crippen molar-refractivity contribution in [3.63, 3.8) is 0 Å². The molecular weight excluding hydrogens is 202 g/mol. The Morgan fingerprint density at radius 1 is 1.40 bits per heavy atom. The summed E-state index contributed by atoms with van der Waals surface area (Å²) in [5, 5.41) is 8.44. The number of aliphatic carboxylic acids is 1. The van der Waals surface area contributed by atoms with E-state index in [1.165, 1.54) is 31.2 Å².